The van der Waals surface area contributed by atoms with Crippen molar-refractivity contribution in [2.75, 3.05) is 13.2 Å². The quantitative estimate of drug-likeness (QED) is 0.357. The van der Waals surface area contributed by atoms with Gasteiger partial charge in [-0.3, -0.25) is 14.9 Å². The van der Waals surface area contributed by atoms with E-state index >= 15 is 0 Å². The number of furan rings is 1. The van der Waals surface area contributed by atoms with Crippen molar-refractivity contribution in [3.63, 3.8) is 0 Å². The molecule has 0 unspecified atom stereocenters. The van der Waals surface area contributed by atoms with Crippen LogP contribution in [0.5, 0.6) is 0 Å². The Labute approximate surface area is 175 Å². The van der Waals surface area contributed by atoms with Crippen molar-refractivity contribution in [2.24, 2.45) is 5.41 Å². The van der Waals surface area contributed by atoms with Gasteiger partial charge in [0.25, 0.3) is 5.91 Å². The lowest BCUT2D eigenvalue weighted by Gasteiger charge is -2.30. The molecule has 0 fully saturated rings. The van der Waals surface area contributed by atoms with E-state index in [4.69, 9.17) is 9.15 Å². The van der Waals surface area contributed by atoms with E-state index in [-0.39, 0.29) is 18.7 Å². The molecule has 0 N–H and O–H groups in total. The van der Waals surface area contributed by atoms with Crippen LogP contribution in [0.25, 0.3) is 0 Å². The van der Waals surface area contributed by atoms with Crippen molar-refractivity contribution in [1.29, 1.82) is 0 Å². The molecule has 1 amide bonds. The number of hydrogen-bond acceptors (Lipinski definition) is 6. The first-order valence-electron chi connectivity index (χ1n) is 9.12. The smallest absolute Gasteiger partial charge is 0.433 e. The van der Waals surface area contributed by atoms with Gasteiger partial charge >= 0.3 is 18.0 Å². The van der Waals surface area contributed by atoms with Crippen LogP contribution in [0, 0.1) is 15.5 Å². The summed E-state index contributed by atoms with van der Waals surface area (Å²) < 4.78 is 49.5. The van der Waals surface area contributed by atoms with Crippen LogP contribution in [0.2, 0.25) is 0 Å². The molecule has 11 heteroatoms. The Kier molecular flexibility index (Phi) is 7.09. The summed E-state index contributed by atoms with van der Waals surface area (Å²) in [6.45, 7) is 4.40. The first-order valence-corrected chi connectivity index (χ1v) is 9.12. The summed E-state index contributed by atoms with van der Waals surface area (Å²) in [6.07, 6.45) is -4.59. The number of halogens is 3. The number of nitrogens with zero attached hydrogens (tertiary/aromatic N) is 2. The monoisotopic (exact) mass is 442 g/mol. The van der Waals surface area contributed by atoms with Crippen molar-refractivity contribution in [3.05, 3.63) is 63.4 Å². The average molecular weight is 442 g/mol. The van der Waals surface area contributed by atoms with E-state index in [9.17, 15) is 32.9 Å². The van der Waals surface area contributed by atoms with Gasteiger partial charge in [-0.2, -0.15) is 13.2 Å². The van der Waals surface area contributed by atoms with Gasteiger partial charge in [0.1, 0.15) is 4.92 Å². The van der Waals surface area contributed by atoms with Gasteiger partial charge in [-0.05, 0) is 23.1 Å². The second-order valence-corrected chi connectivity index (χ2v) is 7.94. The molecule has 0 saturated heterocycles. The number of esters is 1. The molecule has 0 atom stereocenters. The zero-order chi connectivity index (χ0) is 23.4. The molecule has 1 heterocycles. The molecular weight excluding hydrogens is 421 g/mol. The van der Waals surface area contributed by atoms with E-state index in [1.54, 1.807) is 20.8 Å². The SMILES string of the molecule is CC(C)(C)CN(Cc1ccccc1C(F)(F)F)C(=O)COC(=O)c1ccc([N+](=O)[O-])o1. The van der Waals surface area contributed by atoms with Crippen LogP contribution < -0.4 is 0 Å². The highest BCUT2D eigenvalue weighted by Gasteiger charge is 2.34. The minimum Gasteiger partial charge on any atom is -0.450 e. The van der Waals surface area contributed by atoms with E-state index in [2.05, 4.69) is 0 Å². The van der Waals surface area contributed by atoms with Crippen LogP contribution in [-0.2, 0) is 22.3 Å². The van der Waals surface area contributed by atoms with Crippen molar-refractivity contribution < 1.29 is 36.8 Å². The molecule has 0 bridgehead atoms. The fourth-order valence-electron chi connectivity index (χ4n) is 2.77. The fraction of sp³-hybridized carbons (Fsp3) is 0.400. The molecule has 2 aromatic rings. The Morgan fingerprint density at radius 1 is 1.13 bits per heavy atom. The number of carbonyl (C=O) groups is 2. The molecule has 8 nitrogen and oxygen atoms in total. The summed E-state index contributed by atoms with van der Waals surface area (Å²) >= 11 is 0. The fourth-order valence-corrected chi connectivity index (χ4v) is 2.77. The predicted molar refractivity (Wildman–Crippen MR) is 102 cm³/mol. The van der Waals surface area contributed by atoms with Gasteiger partial charge in [-0.15, -0.1) is 0 Å². The van der Waals surface area contributed by atoms with E-state index in [1.807, 2.05) is 0 Å². The third kappa shape index (κ3) is 6.83. The number of ether oxygens (including phenoxy) is 1. The molecule has 0 aliphatic rings. The number of nitro groups is 1. The second-order valence-electron chi connectivity index (χ2n) is 7.94. The van der Waals surface area contributed by atoms with Crippen molar-refractivity contribution in [3.8, 4) is 0 Å². The highest BCUT2D eigenvalue weighted by atomic mass is 19.4. The number of amides is 1. The maximum Gasteiger partial charge on any atom is 0.433 e. The van der Waals surface area contributed by atoms with E-state index in [0.717, 1.165) is 18.2 Å². The van der Waals surface area contributed by atoms with E-state index in [1.165, 1.54) is 23.1 Å². The predicted octanol–water partition coefficient (Wildman–Crippen LogP) is 4.44. The first kappa shape index (κ1) is 23.9. The average Bonchev–Trinajstić information content (AvgIpc) is 3.14. The van der Waals surface area contributed by atoms with E-state index in [0.29, 0.717) is 0 Å². The normalized spacial score (nSPS) is 11.8. The van der Waals surface area contributed by atoms with Crippen LogP contribution >= 0.6 is 0 Å². The Bertz CT molecular complexity index is 962. The number of hydrogen-bond donors (Lipinski definition) is 0. The van der Waals surface area contributed by atoms with Gasteiger partial charge in [-0.1, -0.05) is 39.0 Å². The number of carbonyl (C=O) groups excluding carboxylic acids is 2. The van der Waals surface area contributed by atoms with Crippen molar-refractivity contribution in [2.45, 2.75) is 33.5 Å². The van der Waals surface area contributed by atoms with Crippen LogP contribution in [0.15, 0.2) is 40.8 Å². The lowest BCUT2D eigenvalue weighted by molar-refractivity contribution is -0.402. The summed E-state index contributed by atoms with van der Waals surface area (Å²) in [7, 11) is 0. The van der Waals surface area contributed by atoms with Crippen LogP contribution in [0.4, 0.5) is 19.1 Å². The summed E-state index contributed by atoms with van der Waals surface area (Å²) in [5.74, 6) is -2.96. The third-order valence-corrected chi connectivity index (χ3v) is 4.00. The van der Waals surface area contributed by atoms with E-state index < -0.39 is 52.2 Å². The molecule has 31 heavy (non-hydrogen) atoms. The van der Waals surface area contributed by atoms with Gasteiger partial charge in [0, 0.05) is 13.1 Å². The highest BCUT2D eigenvalue weighted by molar-refractivity contribution is 5.89. The van der Waals surface area contributed by atoms with Crippen molar-refractivity contribution in [1.82, 2.24) is 4.90 Å². The minimum absolute atomic E-state index is 0.0967. The van der Waals surface area contributed by atoms with Crippen LogP contribution in [0.3, 0.4) is 0 Å². The Balaban J connectivity index is 2.15. The first-order chi connectivity index (χ1) is 14.3. The Hall–Kier alpha value is -3.37. The van der Waals surface area contributed by atoms with Gasteiger partial charge < -0.3 is 14.1 Å². The van der Waals surface area contributed by atoms with Gasteiger partial charge in [-0.25, -0.2) is 4.79 Å². The molecule has 0 radical (unpaired) electrons. The number of alkyl halides is 3. The van der Waals surface area contributed by atoms with Gasteiger partial charge in [0.15, 0.2) is 6.61 Å². The lowest BCUT2D eigenvalue weighted by Crippen LogP contribution is -2.40. The molecule has 0 aliphatic carbocycles. The molecule has 0 saturated carbocycles. The summed E-state index contributed by atoms with van der Waals surface area (Å²) in [4.78, 5) is 35.6. The summed E-state index contributed by atoms with van der Waals surface area (Å²) in [5, 5.41) is 10.6. The molecular formula is C20H21F3N2O6. The second kappa shape index (κ2) is 9.19. The number of benzene rings is 1. The zero-order valence-corrected chi connectivity index (χ0v) is 17.1. The maximum atomic E-state index is 13.3. The summed E-state index contributed by atoms with van der Waals surface area (Å²) in [6, 6.07) is 6.88. The minimum atomic E-state index is -4.59. The molecule has 1 aromatic carbocycles. The van der Waals surface area contributed by atoms with Crippen LogP contribution in [0.1, 0.15) is 42.5 Å². The Morgan fingerprint density at radius 3 is 2.32 bits per heavy atom. The molecule has 2 rings (SSSR count). The van der Waals surface area contributed by atoms with Gasteiger partial charge in [0.05, 0.1) is 11.6 Å². The number of rotatable bonds is 7. The lowest BCUT2D eigenvalue weighted by atomic mass is 9.95. The maximum absolute atomic E-state index is 13.3. The van der Waals surface area contributed by atoms with Gasteiger partial charge in [0.2, 0.25) is 5.76 Å². The third-order valence-electron chi connectivity index (χ3n) is 4.00. The topological polar surface area (TPSA) is 103 Å². The molecule has 0 spiro atoms. The largest absolute Gasteiger partial charge is 0.450 e. The zero-order valence-electron chi connectivity index (χ0n) is 17.1. The highest BCUT2D eigenvalue weighted by Crippen LogP contribution is 2.32. The standard InChI is InChI=1S/C20H21F3N2O6/c1-19(2,3)12-24(10-13-6-4-5-7-14(13)20(21,22)23)16(26)11-30-18(27)15-8-9-17(31-15)25(28)29/h4-9H,10-12H2,1-3H3. The summed E-state index contributed by atoms with van der Waals surface area (Å²) in [5.41, 5.74) is -1.41. The molecule has 0 aliphatic heterocycles. The molecule has 1 aromatic heterocycles. The molecule has 168 valence electrons. The van der Waals surface area contributed by atoms with Crippen LogP contribution in [-0.4, -0.2) is 34.9 Å². The Morgan fingerprint density at radius 2 is 1.77 bits per heavy atom. The van der Waals surface area contributed by atoms with Crippen molar-refractivity contribution >= 4 is 17.8 Å².